The first-order valence-electron chi connectivity index (χ1n) is 5.91. The van der Waals surface area contributed by atoms with Gasteiger partial charge in [0.1, 0.15) is 11.6 Å². The quantitative estimate of drug-likeness (QED) is 0.825. The van der Waals surface area contributed by atoms with Crippen LogP contribution in [0.1, 0.15) is 13.8 Å². The predicted molar refractivity (Wildman–Crippen MR) is 73.1 cm³/mol. The van der Waals surface area contributed by atoms with E-state index in [0.717, 1.165) is 0 Å². The number of rotatable bonds is 4. The van der Waals surface area contributed by atoms with E-state index < -0.39 is 6.04 Å². The first-order valence-corrected chi connectivity index (χ1v) is 6.28. The van der Waals surface area contributed by atoms with Gasteiger partial charge in [-0.1, -0.05) is 0 Å². The Kier molecular flexibility index (Phi) is 3.84. The van der Waals surface area contributed by atoms with Gasteiger partial charge in [0.2, 0.25) is 11.2 Å². The molecular formula is C11H15ClN6O. The number of fused-ring (bicyclic) bond motifs is 1. The van der Waals surface area contributed by atoms with Crippen LogP contribution in [0.15, 0.2) is 6.33 Å². The summed E-state index contributed by atoms with van der Waals surface area (Å²) in [5.74, 6) is 0.447. The van der Waals surface area contributed by atoms with Gasteiger partial charge in [-0.25, -0.2) is 4.98 Å². The van der Waals surface area contributed by atoms with Gasteiger partial charge in [0.05, 0.1) is 6.33 Å². The van der Waals surface area contributed by atoms with Crippen molar-refractivity contribution in [1.82, 2.24) is 24.8 Å². The average Bonchev–Trinajstić information content (AvgIpc) is 2.84. The number of imidazole rings is 1. The Morgan fingerprint density at radius 1 is 1.58 bits per heavy atom. The molecule has 1 unspecified atom stereocenters. The number of nitrogens with zero attached hydrogens (tertiary/aromatic N) is 4. The van der Waals surface area contributed by atoms with E-state index in [1.54, 1.807) is 18.9 Å². The van der Waals surface area contributed by atoms with Crippen molar-refractivity contribution in [2.75, 3.05) is 18.9 Å². The highest BCUT2D eigenvalue weighted by Gasteiger charge is 2.18. The minimum absolute atomic E-state index is 0.0232. The standard InChI is InChI=1S/C11H15ClN6O/c1-4-18(3)10(19)6(2)15-9-7-8(14-5-13-7)16-11(12)17-9/h5-6H,4H2,1-3H3,(H2,13,14,15,16,17). The number of carbonyl (C=O) groups is 1. The van der Waals surface area contributed by atoms with Crippen LogP contribution in [0.3, 0.4) is 0 Å². The summed E-state index contributed by atoms with van der Waals surface area (Å²) in [6.45, 7) is 4.33. The molecule has 0 radical (unpaired) electrons. The Morgan fingerprint density at radius 2 is 2.32 bits per heavy atom. The van der Waals surface area contributed by atoms with Crippen molar-refractivity contribution in [1.29, 1.82) is 0 Å². The van der Waals surface area contributed by atoms with Crippen molar-refractivity contribution in [2.45, 2.75) is 19.9 Å². The van der Waals surface area contributed by atoms with Gasteiger partial charge in [-0.2, -0.15) is 9.97 Å². The van der Waals surface area contributed by atoms with E-state index >= 15 is 0 Å². The number of nitrogens with one attached hydrogen (secondary N) is 2. The number of carbonyl (C=O) groups excluding carboxylic acids is 1. The Balaban J connectivity index is 2.26. The number of anilines is 1. The third kappa shape index (κ3) is 2.76. The summed E-state index contributed by atoms with van der Waals surface area (Å²) in [6.07, 6.45) is 1.51. The van der Waals surface area contributed by atoms with Crippen LogP contribution in [-0.2, 0) is 4.79 Å². The van der Waals surface area contributed by atoms with Gasteiger partial charge >= 0.3 is 0 Å². The molecule has 2 aromatic rings. The van der Waals surface area contributed by atoms with Gasteiger partial charge < -0.3 is 15.2 Å². The molecule has 2 rings (SSSR count). The first-order chi connectivity index (χ1) is 9.02. The van der Waals surface area contributed by atoms with Crippen molar-refractivity contribution in [3.05, 3.63) is 11.6 Å². The second-order valence-corrected chi connectivity index (χ2v) is 4.50. The number of likely N-dealkylation sites (N-methyl/N-ethyl adjacent to an activating group) is 1. The van der Waals surface area contributed by atoms with Crippen LogP contribution in [-0.4, -0.2) is 50.4 Å². The number of H-pyrrole nitrogens is 1. The van der Waals surface area contributed by atoms with Crippen LogP contribution in [0.4, 0.5) is 5.82 Å². The molecule has 19 heavy (non-hydrogen) atoms. The molecule has 2 N–H and O–H groups in total. The predicted octanol–water partition coefficient (Wildman–Crippen LogP) is 1.28. The zero-order valence-electron chi connectivity index (χ0n) is 10.9. The smallest absolute Gasteiger partial charge is 0.244 e. The lowest BCUT2D eigenvalue weighted by atomic mass is 10.3. The van der Waals surface area contributed by atoms with Gasteiger partial charge in [0.25, 0.3) is 0 Å². The summed E-state index contributed by atoms with van der Waals surface area (Å²) in [7, 11) is 1.75. The molecule has 0 aliphatic carbocycles. The Bertz CT molecular complexity index is 598. The van der Waals surface area contributed by atoms with Crippen molar-refractivity contribution >= 4 is 34.5 Å². The summed E-state index contributed by atoms with van der Waals surface area (Å²) in [6, 6.07) is -0.414. The lowest BCUT2D eigenvalue weighted by Gasteiger charge is -2.21. The molecule has 2 aromatic heterocycles. The summed E-state index contributed by atoms with van der Waals surface area (Å²) in [5, 5.41) is 3.12. The van der Waals surface area contributed by atoms with Crippen LogP contribution in [0.5, 0.6) is 0 Å². The largest absolute Gasteiger partial charge is 0.357 e. The second-order valence-electron chi connectivity index (χ2n) is 4.16. The normalized spacial score (nSPS) is 12.4. The maximum atomic E-state index is 12.0. The second kappa shape index (κ2) is 5.40. The van der Waals surface area contributed by atoms with E-state index in [0.29, 0.717) is 23.5 Å². The van der Waals surface area contributed by atoms with Gasteiger partial charge in [-0.05, 0) is 25.4 Å². The highest BCUT2D eigenvalue weighted by atomic mass is 35.5. The third-order valence-corrected chi connectivity index (χ3v) is 3.00. The van der Waals surface area contributed by atoms with Gasteiger partial charge in [0.15, 0.2) is 11.5 Å². The van der Waals surface area contributed by atoms with Crippen LogP contribution >= 0.6 is 11.6 Å². The minimum atomic E-state index is -0.414. The monoisotopic (exact) mass is 282 g/mol. The van der Waals surface area contributed by atoms with Crippen molar-refractivity contribution in [2.24, 2.45) is 0 Å². The fourth-order valence-electron chi connectivity index (χ4n) is 1.66. The number of aromatic amines is 1. The van der Waals surface area contributed by atoms with Crippen LogP contribution < -0.4 is 5.32 Å². The summed E-state index contributed by atoms with van der Waals surface area (Å²) in [5.41, 5.74) is 1.09. The molecule has 0 bridgehead atoms. The number of hydrogen-bond acceptors (Lipinski definition) is 5. The Hall–Kier alpha value is -1.89. The maximum Gasteiger partial charge on any atom is 0.244 e. The summed E-state index contributed by atoms with van der Waals surface area (Å²) in [4.78, 5) is 28.6. The molecule has 0 aliphatic heterocycles. The zero-order chi connectivity index (χ0) is 14.0. The van der Waals surface area contributed by atoms with Gasteiger partial charge in [-0.15, -0.1) is 0 Å². The van der Waals surface area contributed by atoms with E-state index in [1.807, 2.05) is 6.92 Å². The molecule has 0 spiro atoms. The number of amides is 1. The highest BCUT2D eigenvalue weighted by Crippen LogP contribution is 2.19. The molecular weight excluding hydrogens is 268 g/mol. The van der Waals surface area contributed by atoms with Gasteiger partial charge in [-0.3, -0.25) is 4.79 Å². The molecule has 0 aromatic carbocycles. The highest BCUT2D eigenvalue weighted by molar-refractivity contribution is 6.28. The summed E-state index contributed by atoms with van der Waals surface area (Å²) >= 11 is 5.82. The van der Waals surface area contributed by atoms with E-state index in [9.17, 15) is 4.79 Å². The van der Waals surface area contributed by atoms with Gasteiger partial charge in [0, 0.05) is 13.6 Å². The summed E-state index contributed by atoms with van der Waals surface area (Å²) < 4.78 is 0. The molecule has 7 nitrogen and oxygen atoms in total. The molecule has 0 saturated heterocycles. The van der Waals surface area contributed by atoms with Crippen LogP contribution in [0.2, 0.25) is 5.28 Å². The van der Waals surface area contributed by atoms with E-state index in [-0.39, 0.29) is 11.2 Å². The number of hydrogen-bond donors (Lipinski definition) is 2. The molecule has 1 amide bonds. The van der Waals surface area contributed by atoms with Crippen LogP contribution in [0.25, 0.3) is 11.2 Å². The maximum absolute atomic E-state index is 12.0. The third-order valence-electron chi connectivity index (χ3n) is 2.83. The fraction of sp³-hybridized carbons (Fsp3) is 0.455. The SMILES string of the molecule is CCN(C)C(=O)C(C)Nc1nc(Cl)nc2nc[nH]c12. The van der Waals surface area contributed by atoms with Crippen molar-refractivity contribution in [3.8, 4) is 0 Å². The molecule has 0 saturated carbocycles. The molecule has 0 fully saturated rings. The van der Waals surface area contributed by atoms with E-state index in [4.69, 9.17) is 11.6 Å². The number of aromatic nitrogens is 4. The van der Waals surface area contributed by atoms with E-state index in [1.165, 1.54) is 6.33 Å². The van der Waals surface area contributed by atoms with Crippen molar-refractivity contribution < 1.29 is 4.79 Å². The zero-order valence-corrected chi connectivity index (χ0v) is 11.7. The van der Waals surface area contributed by atoms with Crippen molar-refractivity contribution in [3.63, 3.8) is 0 Å². The Morgan fingerprint density at radius 3 is 3.00 bits per heavy atom. The molecule has 1 atom stereocenters. The Labute approximate surface area is 115 Å². The lowest BCUT2D eigenvalue weighted by molar-refractivity contribution is -0.130. The molecule has 0 aliphatic rings. The minimum Gasteiger partial charge on any atom is -0.357 e. The lowest BCUT2D eigenvalue weighted by Crippen LogP contribution is -2.39. The fourth-order valence-corrected chi connectivity index (χ4v) is 1.83. The van der Waals surface area contributed by atoms with E-state index in [2.05, 4.69) is 25.3 Å². The molecule has 2 heterocycles. The average molecular weight is 283 g/mol. The molecule has 102 valence electrons. The topological polar surface area (TPSA) is 86.8 Å². The first kappa shape index (κ1) is 13.5. The molecule has 8 heteroatoms. The number of halogens is 1. The van der Waals surface area contributed by atoms with Crippen LogP contribution in [0, 0.1) is 0 Å².